The third-order valence-corrected chi connectivity index (χ3v) is 6.62. The van der Waals surface area contributed by atoms with Crippen LogP contribution in [0.25, 0.3) is 0 Å². The summed E-state index contributed by atoms with van der Waals surface area (Å²) in [5.41, 5.74) is 5.02. The normalized spacial score (nSPS) is 17.8. The SMILES string of the molecule is Cc1cc([C@@H]2[C@@H](c3ccccn3)NC(=S)N2CCC(=O)Nc2ccc(F)cc2)c(C)n1C(C)C. The lowest BCUT2D eigenvalue weighted by Crippen LogP contribution is -2.33. The molecule has 0 spiro atoms. The van der Waals surface area contributed by atoms with E-state index in [1.807, 2.05) is 18.2 Å². The second-order valence-electron chi connectivity index (χ2n) is 8.92. The summed E-state index contributed by atoms with van der Waals surface area (Å²) in [5, 5.41) is 6.88. The van der Waals surface area contributed by atoms with E-state index >= 15 is 0 Å². The number of carbonyl (C=O) groups excluding carboxylic acids is 1. The van der Waals surface area contributed by atoms with Crippen LogP contribution in [-0.2, 0) is 4.79 Å². The maximum Gasteiger partial charge on any atom is 0.226 e. The Balaban J connectivity index is 1.61. The number of nitrogens with zero attached hydrogens (tertiary/aromatic N) is 3. The number of thiocarbonyl (C=S) groups is 1. The molecule has 0 unspecified atom stereocenters. The number of amides is 1. The van der Waals surface area contributed by atoms with Gasteiger partial charge in [0.05, 0.1) is 17.8 Å². The van der Waals surface area contributed by atoms with Crippen molar-refractivity contribution in [2.45, 2.75) is 52.2 Å². The molecule has 1 fully saturated rings. The molecule has 178 valence electrons. The summed E-state index contributed by atoms with van der Waals surface area (Å²) in [4.78, 5) is 19.3. The number of rotatable bonds is 7. The molecule has 0 radical (unpaired) electrons. The van der Waals surface area contributed by atoms with E-state index in [0.717, 1.165) is 5.69 Å². The Kier molecular flexibility index (Phi) is 6.97. The van der Waals surface area contributed by atoms with Crippen molar-refractivity contribution in [2.75, 3.05) is 11.9 Å². The van der Waals surface area contributed by atoms with Crippen molar-refractivity contribution < 1.29 is 9.18 Å². The summed E-state index contributed by atoms with van der Waals surface area (Å²) in [6, 6.07) is 13.9. The molecule has 1 saturated heterocycles. The second kappa shape index (κ2) is 9.93. The molecule has 0 aliphatic carbocycles. The molecular formula is C26H30FN5OS. The average Bonchev–Trinajstić information content (AvgIpc) is 3.29. The summed E-state index contributed by atoms with van der Waals surface area (Å²) in [6.07, 6.45) is 2.03. The van der Waals surface area contributed by atoms with Gasteiger partial charge < -0.3 is 20.1 Å². The van der Waals surface area contributed by atoms with E-state index in [1.165, 1.54) is 29.1 Å². The predicted molar refractivity (Wildman–Crippen MR) is 136 cm³/mol. The van der Waals surface area contributed by atoms with E-state index in [0.29, 0.717) is 23.4 Å². The van der Waals surface area contributed by atoms with Gasteiger partial charge >= 0.3 is 0 Å². The van der Waals surface area contributed by atoms with E-state index in [4.69, 9.17) is 12.2 Å². The first kappa shape index (κ1) is 23.9. The average molecular weight is 480 g/mol. The minimum atomic E-state index is -0.339. The molecule has 1 aliphatic heterocycles. The third-order valence-electron chi connectivity index (χ3n) is 6.26. The first-order chi connectivity index (χ1) is 16.3. The predicted octanol–water partition coefficient (Wildman–Crippen LogP) is 5.22. The Morgan fingerprint density at radius 2 is 1.94 bits per heavy atom. The molecule has 2 aromatic heterocycles. The molecule has 6 nitrogen and oxygen atoms in total. The maximum atomic E-state index is 13.2. The van der Waals surface area contributed by atoms with Crippen molar-refractivity contribution in [2.24, 2.45) is 0 Å². The van der Waals surface area contributed by atoms with Crippen LogP contribution in [0.3, 0.4) is 0 Å². The highest BCUT2D eigenvalue weighted by atomic mass is 32.1. The smallest absolute Gasteiger partial charge is 0.226 e. The molecule has 2 N–H and O–H groups in total. The highest BCUT2D eigenvalue weighted by Crippen LogP contribution is 2.41. The molecule has 3 aromatic rings. The van der Waals surface area contributed by atoms with Crippen LogP contribution < -0.4 is 10.6 Å². The van der Waals surface area contributed by atoms with Gasteiger partial charge in [0, 0.05) is 42.3 Å². The molecule has 1 aromatic carbocycles. The minimum Gasteiger partial charge on any atom is -0.352 e. The first-order valence-electron chi connectivity index (χ1n) is 11.5. The van der Waals surface area contributed by atoms with Crippen molar-refractivity contribution in [3.8, 4) is 0 Å². The Hall–Kier alpha value is -3.26. The van der Waals surface area contributed by atoms with Crippen LogP contribution in [0.4, 0.5) is 10.1 Å². The van der Waals surface area contributed by atoms with Gasteiger partial charge in [-0.05, 0) is 87.9 Å². The van der Waals surface area contributed by atoms with Crippen LogP contribution in [0.1, 0.15) is 61.0 Å². The molecule has 8 heteroatoms. The highest BCUT2D eigenvalue weighted by Gasteiger charge is 2.41. The molecule has 1 amide bonds. The van der Waals surface area contributed by atoms with Gasteiger partial charge in [-0.3, -0.25) is 9.78 Å². The van der Waals surface area contributed by atoms with Gasteiger partial charge in [-0.25, -0.2) is 4.39 Å². The molecule has 3 heterocycles. The Labute approximate surface area is 205 Å². The number of aromatic nitrogens is 2. The quantitative estimate of drug-likeness (QED) is 0.455. The van der Waals surface area contributed by atoms with E-state index in [-0.39, 0.29) is 30.2 Å². The first-order valence-corrected chi connectivity index (χ1v) is 11.9. The Morgan fingerprint density at radius 3 is 2.56 bits per heavy atom. The number of carbonyl (C=O) groups is 1. The summed E-state index contributed by atoms with van der Waals surface area (Å²) in [7, 11) is 0. The third kappa shape index (κ3) is 4.82. The number of pyridine rings is 1. The standard InChI is InChI=1S/C26H30FN5OS/c1-16(2)32-17(3)15-21(18(32)4)25-24(22-7-5-6-13-28-22)30-26(34)31(25)14-12-23(33)29-20-10-8-19(27)9-11-20/h5-11,13,15-16,24-25H,12,14H2,1-4H3,(H,29,33)(H,30,34)/t24-,25-/m1/s1. The van der Waals surface area contributed by atoms with Crippen LogP contribution in [0, 0.1) is 19.7 Å². The van der Waals surface area contributed by atoms with Gasteiger partial charge in [0.1, 0.15) is 5.82 Å². The lowest BCUT2D eigenvalue weighted by molar-refractivity contribution is -0.116. The zero-order valence-electron chi connectivity index (χ0n) is 19.9. The number of hydrogen-bond acceptors (Lipinski definition) is 3. The van der Waals surface area contributed by atoms with Crippen molar-refractivity contribution >= 4 is 28.9 Å². The lowest BCUT2D eigenvalue weighted by atomic mass is 9.96. The number of nitrogens with one attached hydrogen (secondary N) is 2. The Morgan fingerprint density at radius 1 is 1.21 bits per heavy atom. The number of benzene rings is 1. The van der Waals surface area contributed by atoms with Gasteiger partial charge in [0.25, 0.3) is 0 Å². The van der Waals surface area contributed by atoms with Crippen LogP contribution in [0.15, 0.2) is 54.7 Å². The van der Waals surface area contributed by atoms with Crippen molar-refractivity contribution in [3.63, 3.8) is 0 Å². The molecule has 0 bridgehead atoms. The molecule has 4 rings (SSSR count). The fourth-order valence-electron chi connectivity index (χ4n) is 4.86. The van der Waals surface area contributed by atoms with Crippen LogP contribution in [0.2, 0.25) is 0 Å². The van der Waals surface area contributed by atoms with Gasteiger partial charge in [-0.1, -0.05) is 6.07 Å². The molecule has 0 saturated carbocycles. The molecule has 2 atom stereocenters. The van der Waals surface area contributed by atoms with Gasteiger partial charge in [-0.2, -0.15) is 0 Å². The number of hydrogen-bond donors (Lipinski definition) is 2. The largest absolute Gasteiger partial charge is 0.352 e. The molecule has 1 aliphatic rings. The van der Waals surface area contributed by atoms with Gasteiger partial charge in [0.15, 0.2) is 5.11 Å². The summed E-state index contributed by atoms with van der Waals surface area (Å²) in [5.74, 6) is -0.490. The van der Waals surface area contributed by atoms with Crippen LogP contribution in [0.5, 0.6) is 0 Å². The van der Waals surface area contributed by atoms with E-state index in [1.54, 1.807) is 18.3 Å². The zero-order chi connectivity index (χ0) is 24.4. The molecule has 34 heavy (non-hydrogen) atoms. The van der Waals surface area contributed by atoms with Gasteiger partial charge in [0.2, 0.25) is 5.91 Å². The molecular weight excluding hydrogens is 449 g/mol. The fourth-order valence-corrected chi connectivity index (χ4v) is 5.19. The number of aryl methyl sites for hydroxylation is 1. The zero-order valence-corrected chi connectivity index (χ0v) is 20.7. The summed E-state index contributed by atoms with van der Waals surface area (Å²) < 4.78 is 15.5. The number of halogens is 1. The van der Waals surface area contributed by atoms with Crippen molar-refractivity contribution in [1.29, 1.82) is 0 Å². The van der Waals surface area contributed by atoms with Crippen LogP contribution >= 0.6 is 12.2 Å². The maximum absolute atomic E-state index is 13.2. The van der Waals surface area contributed by atoms with Crippen molar-refractivity contribution in [1.82, 2.24) is 19.8 Å². The summed E-state index contributed by atoms with van der Waals surface area (Å²) in [6.45, 7) is 9.05. The highest BCUT2D eigenvalue weighted by molar-refractivity contribution is 7.80. The summed E-state index contributed by atoms with van der Waals surface area (Å²) >= 11 is 5.73. The van der Waals surface area contributed by atoms with E-state index < -0.39 is 0 Å². The topological polar surface area (TPSA) is 62.2 Å². The van der Waals surface area contributed by atoms with Crippen LogP contribution in [-0.4, -0.2) is 32.0 Å². The van der Waals surface area contributed by atoms with Gasteiger partial charge in [-0.15, -0.1) is 0 Å². The van der Waals surface area contributed by atoms with E-state index in [9.17, 15) is 9.18 Å². The van der Waals surface area contributed by atoms with E-state index in [2.05, 4.69) is 58.8 Å². The number of anilines is 1. The Bertz CT molecular complexity index is 1180. The minimum absolute atomic E-state index is 0.0975. The van der Waals surface area contributed by atoms with Crippen molar-refractivity contribution in [3.05, 3.63) is 83.2 Å². The lowest BCUT2D eigenvalue weighted by Gasteiger charge is -2.28. The fraction of sp³-hybridized carbons (Fsp3) is 0.346. The monoisotopic (exact) mass is 479 g/mol. The second-order valence-corrected chi connectivity index (χ2v) is 9.30.